The number of nitriles is 1. The summed E-state index contributed by atoms with van der Waals surface area (Å²) in [6, 6.07) is 14.0. The van der Waals surface area contributed by atoms with Gasteiger partial charge in [0, 0.05) is 19.1 Å². The number of carbonyl (C=O) groups excluding carboxylic acids is 1. The molecule has 3 saturated heterocycles. The molecular weight excluding hydrogens is 379 g/mol. The summed E-state index contributed by atoms with van der Waals surface area (Å²) in [6.45, 7) is 3.76. The fourth-order valence-corrected chi connectivity index (χ4v) is 5.28. The van der Waals surface area contributed by atoms with Crippen LogP contribution in [0.5, 0.6) is 0 Å². The van der Waals surface area contributed by atoms with E-state index < -0.39 is 0 Å². The van der Waals surface area contributed by atoms with Crippen LogP contribution in [0, 0.1) is 23.1 Å². The summed E-state index contributed by atoms with van der Waals surface area (Å²) in [6.07, 6.45) is 3.02. The van der Waals surface area contributed by atoms with Crippen molar-refractivity contribution < 1.29 is 9.18 Å². The normalized spacial score (nSPS) is 27.3. The third-order valence-electron chi connectivity index (χ3n) is 6.91. The summed E-state index contributed by atoms with van der Waals surface area (Å²) in [5, 5.41) is 12.7. The number of halogens is 1. The second kappa shape index (κ2) is 7.73. The van der Waals surface area contributed by atoms with Crippen LogP contribution in [-0.2, 0) is 6.42 Å². The minimum Gasteiger partial charge on any atom is -0.334 e. The molecule has 0 aromatic heterocycles. The Balaban J connectivity index is 1.47. The predicted octanol–water partition coefficient (Wildman–Crippen LogP) is 3.45. The fourth-order valence-electron chi connectivity index (χ4n) is 5.28. The van der Waals surface area contributed by atoms with Crippen LogP contribution in [-0.4, -0.2) is 48.1 Å². The van der Waals surface area contributed by atoms with E-state index in [1.165, 1.54) is 12.1 Å². The number of fused-ring (bicyclic) bond motifs is 4. The summed E-state index contributed by atoms with van der Waals surface area (Å²) < 4.78 is 13.6. The second-order valence-corrected chi connectivity index (χ2v) is 8.62. The van der Waals surface area contributed by atoms with Gasteiger partial charge in [-0.1, -0.05) is 18.2 Å². The SMILES string of the molecule is N#Cc1ccc2c(c1)C(c1ccc(F)cc1)N(C(=O)N[C@H]1CN3CCC1CC3)CC2. The van der Waals surface area contributed by atoms with Crippen LogP contribution in [0.25, 0.3) is 0 Å². The third-order valence-corrected chi connectivity index (χ3v) is 6.91. The van der Waals surface area contributed by atoms with Gasteiger partial charge in [-0.05, 0) is 79.2 Å². The monoisotopic (exact) mass is 404 g/mol. The molecule has 1 N–H and O–H groups in total. The maximum atomic E-state index is 13.6. The standard InChI is InChI=1S/C24H25FN4O/c25-20-5-3-19(4-6-20)23-21-13-16(14-26)1-2-17(21)9-12-29(23)24(30)27-22-15-28-10-7-18(22)8-11-28/h1-6,13,18,22-23H,7-12,15H2,(H,27,30)/t22-,23?/m0/s1. The van der Waals surface area contributed by atoms with Gasteiger partial charge in [0.25, 0.3) is 0 Å². The van der Waals surface area contributed by atoms with Crippen LogP contribution in [0.4, 0.5) is 9.18 Å². The number of carbonyl (C=O) groups is 1. The van der Waals surface area contributed by atoms with Gasteiger partial charge in [0.05, 0.1) is 17.7 Å². The molecule has 2 aromatic rings. The van der Waals surface area contributed by atoms with Gasteiger partial charge in [-0.3, -0.25) is 0 Å². The van der Waals surface area contributed by atoms with Crippen LogP contribution >= 0.6 is 0 Å². The van der Waals surface area contributed by atoms with Gasteiger partial charge >= 0.3 is 6.03 Å². The van der Waals surface area contributed by atoms with Gasteiger partial charge in [0.2, 0.25) is 0 Å². The van der Waals surface area contributed by atoms with Crippen molar-refractivity contribution in [2.45, 2.75) is 31.3 Å². The molecule has 30 heavy (non-hydrogen) atoms. The highest BCUT2D eigenvalue weighted by atomic mass is 19.1. The average molecular weight is 404 g/mol. The molecule has 6 heteroatoms. The van der Waals surface area contributed by atoms with E-state index in [9.17, 15) is 14.4 Å². The van der Waals surface area contributed by atoms with Crippen molar-refractivity contribution in [1.82, 2.24) is 15.1 Å². The lowest BCUT2D eigenvalue weighted by Crippen LogP contribution is -2.59. The number of amides is 2. The molecule has 2 atom stereocenters. The van der Waals surface area contributed by atoms with Gasteiger partial charge in [0.15, 0.2) is 0 Å². The summed E-state index contributed by atoms with van der Waals surface area (Å²) in [5.41, 5.74) is 3.52. The van der Waals surface area contributed by atoms with Crippen LogP contribution in [0.15, 0.2) is 42.5 Å². The van der Waals surface area contributed by atoms with E-state index in [0.717, 1.165) is 55.6 Å². The molecule has 4 aliphatic rings. The van der Waals surface area contributed by atoms with Crippen molar-refractivity contribution in [1.29, 1.82) is 5.26 Å². The van der Waals surface area contributed by atoms with Gasteiger partial charge in [-0.25, -0.2) is 9.18 Å². The molecular formula is C24H25FN4O. The highest BCUT2D eigenvalue weighted by Crippen LogP contribution is 2.36. The minimum atomic E-state index is -0.330. The van der Waals surface area contributed by atoms with Crippen LogP contribution in [0.2, 0.25) is 0 Å². The summed E-state index contributed by atoms with van der Waals surface area (Å²) >= 11 is 0. The summed E-state index contributed by atoms with van der Waals surface area (Å²) in [5.74, 6) is 0.245. The zero-order valence-corrected chi connectivity index (χ0v) is 16.9. The van der Waals surface area contributed by atoms with Crippen molar-refractivity contribution in [2.75, 3.05) is 26.2 Å². The van der Waals surface area contributed by atoms with E-state index in [4.69, 9.17) is 0 Å². The summed E-state index contributed by atoms with van der Waals surface area (Å²) in [4.78, 5) is 17.7. The Kier molecular flexibility index (Phi) is 4.92. The van der Waals surface area contributed by atoms with Gasteiger partial charge in [-0.15, -0.1) is 0 Å². The molecule has 4 heterocycles. The first-order valence-electron chi connectivity index (χ1n) is 10.7. The minimum absolute atomic E-state index is 0.0731. The Labute approximate surface area is 176 Å². The van der Waals surface area contributed by atoms with Crippen molar-refractivity contribution >= 4 is 6.03 Å². The number of urea groups is 1. The Morgan fingerprint density at radius 1 is 1.10 bits per heavy atom. The number of piperidine rings is 3. The maximum Gasteiger partial charge on any atom is 0.318 e. The lowest BCUT2D eigenvalue weighted by molar-refractivity contribution is 0.0715. The second-order valence-electron chi connectivity index (χ2n) is 8.62. The first-order chi connectivity index (χ1) is 14.6. The van der Waals surface area contributed by atoms with Crippen LogP contribution < -0.4 is 5.32 Å². The molecule has 6 rings (SSSR count). The molecule has 3 fully saturated rings. The number of benzene rings is 2. The Bertz CT molecular complexity index is 991. The van der Waals surface area contributed by atoms with E-state index in [2.05, 4.69) is 16.3 Å². The molecule has 4 aliphatic heterocycles. The number of nitrogens with one attached hydrogen (secondary N) is 1. The van der Waals surface area contributed by atoms with Gasteiger partial charge < -0.3 is 15.1 Å². The Hall–Kier alpha value is -2.91. The number of nitrogens with zero attached hydrogens (tertiary/aromatic N) is 3. The average Bonchev–Trinajstić information content (AvgIpc) is 2.79. The van der Waals surface area contributed by atoms with Crippen LogP contribution in [0.3, 0.4) is 0 Å². The lowest BCUT2D eigenvalue weighted by Gasteiger charge is -2.46. The first kappa shape index (κ1) is 19.1. The molecule has 2 aromatic carbocycles. The Morgan fingerprint density at radius 2 is 1.87 bits per heavy atom. The molecule has 154 valence electrons. The third kappa shape index (κ3) is 3.44. The highest BCUT2D eigenvalue weighted by Gasteiger charge is 2.38. The zero-order valence-electron chi connectivity index (χ0n) is 16.9. The molecule has 2 bridgehead atoms. The zero-order chi connectivity index (χ0) is 20.7. The first-order valence-corrected chi connectivity index (χ1v) is 10.7. The van der Waals surface area contributed by atoms with E-state index >= 15 is 0 Å². The molecule has 2 amide bonds. The van der Waals surface area contributed by atoms with Crippen molar-refractivity contribution in [3.8, 4) is 6.07 Å². The van der Waals surface area contributed by atoms with Crippen molar-refractivity contribution in [3.05, 3.63) is 70.5 Å². The number of rotatable bonds is 2. The van der Waals surface area contributed by atoms with E-state index in [0.29, 0.717) is 18.0 Å². The van der Waals surface area contributed by atoms with Gasteiger partial charge in [-0.2, -0.15) is 5.26 Å². The molecule has 5 nitrogen and oxygen atoms in total. The molecule has 0 spiro atoms. The van der Waals surface area contributed by atoms with Crippen LogP contribution in [0.1, 0.15) is 41.1 Å². The molecule has 1 unspecified atom stereocenters. The van der Waals surface area contributed by atoms with E-state index in [-0.39, 0.29) is 23.9 Å². The smallest absolute Gasteiger partial charge is 0.318 e. The lowest BCUT2D eigenvalue weighted by atomic mass is 9.84. The quantitative estimate of drug-likeness (QED) is 0.834. The van der Waals surface area contributed by atoms with Gasteiger partial charge in [0.1, 0.15) is 5.82 Å². The highest BCUT2D eigenvalue weighted by molar-refractivity contribution is 5.76. The summed E-state index contributed by atoms with van der Waals surface area (Å²) in [7, 11) is 0. The topological polar surface area (TPSA) is 59.4 Å². The molecule has 0 radical (unpaired) electrons. The molecule has 0 saturated carbocycles. The fraction of sp³-hybridized carbons (Fsp3) is 0.417. The predicted molar refractivity (Wildman–Crippen MR) is 111 cm³/mol. The largest absolute Gasteiger partial charge is 0.334 e. The van der Waals surface area contributed by atoms with Crippen molar-refractivity contribution in [3.63, 3.8) is 0 Å². The van der Waals surface area contributed by atoms with Crippen molar-refractivity contribution in [2.24, 2.45) is 5.92 Å². The molecule has 0 aliphatic carbocycles. The Morgan fingerprint density at radius 3 is 2.53 bits per heavy atom. The van der Waals surface area contributed by atoms with E-state index in [1.54, 1.807) is 12.1 Å². The number of hydrogen-bond acceptors (Lipinski definition) is 3. The number of hydrogen-bond donors (Lipinski definition) is 1. The maximum absolute atomic E-state index is 13.6. The van der Waals surface area contributed by atoms with E-state index in [1.807, 2.05) is 23.1 Å².